The lowest BCUT2D eigenvalue weighted by atomic mass is 10.0. The Bertz CT molecular complexity index is 822. The van der Waals surface area contributed by atoms with Crippen molar-refractivity contribution in [3.05, 3.63) is 58.9 Å². The Labute approximate surface area is 109 Å². The second-order valence-electron chi connectivity index (χ2n) is 4.38. The zero-order valence-corrected chi connectivity index (χ0v) is 10.1. The highest BCUT2D eigenvalue weighted by molar-refractivity contribution is 5.84. The average Bonchev–Trinajstić information content (AvgIpc) is 2.38. The van der Waals surface area contributed by atoms with Gasteiger partial charge in [0, 0.05) is 22.8 Å². The lowest BCUT2D eigenvalue weighted by Crippen LogP contribution is -2.08. The number of anilines is 1. The lowest BCUT2D eigenvalue weighted by Gasteiger charge is -2.06. The van der Waals surface area contributed by atoms with Crippen LogP contribution in [0.2, 0.25) is 0 Å². The third-order valence-electron chi connectivity index (χ3n) is 3.07. The fourth-order valence-corrected chi connectivity index (χ4v) is 2.12. The van der Waals surface area contributed by atoms with E-state index in [0.717, 1.165) is 10.9 Å². The number of aromatic nitrogens is 1. The van der Waals surface area contributed by atoms with Gasteiger partial charge in [-0.15, -0.1) is 0 Å². The Morgan fingerprint density at radius 1 is 1.00 bits per heavy atom. The molecule has 0 aliphatic heterocycles. The SMILES string of the molecule is Nc1ccc(-c2cc3ccccc3[nH]c2=O)c(O)c1. The van der Waals surface area contributed by atoms with E-state index in [2.05, 4.69) is 4.98 Å². The van der Waals surface area contributed by atoms with Crippen LogP contribution >= 0.6 is 0 Å². The first-order chi connectivity index (χ1) is 9.15. The maximum absolute atomic E-state index is 12.1. The molecule has 4 heteroatoms. The smallest absolute Gasteiger partial charge is 0.256 e. The second-order valence-corrected chi connectivity index (χ2v) is 4.38. The summed E-state index contributed by atoms with van der Waals surface area (Å²) in [6.45, 7) is 0. The van der Waals surface area contributed by atoms with Crippen molar-refractivity contribution in [3.63, 3.8) is 0 Å². The molecule has 0 saturated carbocycles. The first-order valence-electron chi connectivity index (χ1n) is 5.86. The van der Waals surface area contributed by atoms with Gasteiger partial charge < -0.3 is 15.8 Å². The Hall–Kier alpha value is -2.75. The number of H-pyrrole nitrogens is 1. The molecular weight excluding hydrogens is 240 g/mol. The quantitative estimate of drug-likeness (QED) is 0.582. The minimum absolute atomic E-state index is 0.000723. The van der Waals surface area contributed by atoms with Gasteiger partial charge in [0.25, 0.3) is 5.56 Å². The zero-order valence-electron chi connectivity index (χ0n) is 10.1. The molecule has 3 rings (SSSR count). The third kappa shape index (κ3) is 1.93. The van der Waals surface area contributed by atoms with Crippen LogP contribution in [0, 0.1) is 0 Å². The molecule has 0 bridgehead atoms. The summed E-state index contributed by atoms with van der Waals surface area (Å²) >= 11 is 0. The molecule has 0 spiro atoms. The van der Waals surface area contributed by atoms with Crippen LogP contribution in [0.25, 0.3) is 22.0 Å². The predicted molar refractivity (Wildman–Crippen MR) is 76.1 cm³/mol. The molecule has 19 heavy (non-hydrogen) atoms. The van der Waals surface area contributed by atoms with E-state index in [9.17, 15) is 9.90 Å². The van der Waals surface area contributed by atoms with Gasteiger partial charge in [-0.25, -0.2) is 0 Å². The molecule has 4 nitrogen and oxygen atoms in total. The van der Waals surface area contributed by atoms with Crippen molar-refractivity contribution in [1.82, 2.24) is 4.98 Å². The maximum atomic E-state index is 12.1. The summed E-state index contributed by atoms with van der Waals surface area (Å²) in [5.74, 6) is 0.000723. The van der Waals surface area contributed by atoms with Gasteiger partial charge in [0.15, 0.2) is 0 Å². The minimum Gasteiger partial charge on any atom is -0.507 e. The monoisotopic (exact) mass is 252 g/mol. The third-order valence-corrected chi connectivity index (χ3v) is 3.07. The van der Waals surface area contributed by atoms with Crippen LogP contribution < -0.4 is 11.3 Å². The summed E-state index contributed by atoms with van der Waals surface area (Å²) in [7, 11) is 0. The Morgan fingerprint density at radius 2 is 1.79 bits per heavy atom. The molecule has 1 heterocycles. The fourth-order valence-electron chi connectivity index (χ4n) is 2.12. The number of pyridine rings is 1. The molecule has 4 N–H and O–H groups in total. The van der Waals surface area contributed by atoms with Crippen LogP contribution in [0.5, 0.6) is 5.75 Å². The molecule has 3 aromatic rings. The van der Waals surface area contributed by atoms with E-state index in [1.54, 1.807) is 18.2 Å². The summed E-state index contributed by atoms with van der Waals surface area (Å²) in [5.41, 5.74) is 7.48. The van der Waals surface area contributed by atoms with Crippen LogP contribution in [0.3, 0.4) is 0 Å². The number of phenolic OH excluding ortho intramolecular Hbond substituents is 1. The van der Waals surface area contributed by atoms with Crippen molar-refractivity contribution in [2.24, 2.45) is 0 Å². The summed E-state index contributed by atoms with van der Waals surface area (Å²) in [6.07, 6.45) is 0. The molecule has 94 valence electrons. The highest BCUT2D eigenvalue weighted by atomic mass is 16.3. The number of nitrogens with one attached hydrogen (secondary N) is 1. The Kier molecular flexibility index (Phi) is 2.49. The molecule has 0 aliphatic carbocycles. The number of nitrogens with two attached hydrogens (primary N) is 1. The summed E-state index contributed by atoms with van der Waals surface area (Å²) in [4.78, 5) is 14.9. The number of hydrogen-bond donors (Lipinski definition) is 3. The van der Waals surface area contributed by atoms with E-state index >= 15 is 0 Å². The van der Waals surface area contributed by atoms with E-state index in [0.29, 0.717) is 16.8 Å². The largest absolute Gasteiger partial charge is 0.507 e. The maximum Gasteiger partial charge on any atom is 0.256 e. The number of aromatic amines is 1. The van der Waals surface area contributed by atoms with Gasteiger partial charge in [-0.05, 0) is 29.7 Å². The highest BCUT2D eigenvalue weighted by Crippen LogP contribution is 2.29. The molecule has 0 unspecified atom stereocenters. The van der Waals surface area contributed by atoms with Crippen LogP contribution in [0.1, 0.15) is 0 Å². The minimum atomic E-state index is -0.237. The molecule has 0 fully saturated rings. The van der Waals surface area contributed by atoms with Gasteiger partial charge in [-0.3, -0.25) is 4.79 Å². The summed E-state index contributed by atoms with van der Waals surface area (Å²) < 4.78 is 0. The number of nitrogen functional groups attached to an aromatic ring is 1. The topological polar surface area (TPSA) is 79.1 Å². The van der Waals surface area contributed by atoms with Gasteiger partial charge in [0.05, 0.1) is 5.56 Å². The highest BCUT2D eigenvalue weighted by Gasteiger charge is 2.09. The van der Waals surface area contributed by atoms with Crippen LogP contribution in [0.15, 0.2) is 53.3 Å². The number of aromatic hydroxyl groups is 1. The normalized spacial score (nSPS) is 10.7. The molecule has 0 aliphatic rings. The number of fused-ring (bicyclic) bond motifs is 1. The van der Waals surface area contributed by atoms with E-state index in [1.807, 2.05) is 24.3 Å². The van der Waals surface area contributed by atoms with Gasteiger partial charge in [-0.1, -0.05) is 18.2 Å². The zero-order chi connectivity index (χ0) is 13.4. The Balaban J connectivity index is 2.30. The first kappa shape index (κ1) is 11.3. The molecule has 2 aromatic carbocycles. The van der Waals surface area contributed by atoms with Crippen molar-refractivity contribution in [3.8, 4) is 16.9 Å². The summed E-state index contributed by atoms with van der Waals surface area (Å²) in [6, 6.07) is 14.0. The number of phenols is 1. The van der Waals surface area contributed by atoms with Gasteiger partial charge in [0.1, 0.15) is 5.75 Å². The van der Waals surface area contributed by atoms with Crippen molar-refractivity contribution in [1.29, 1.82) is 0 Å². The van der Waals surface area contributed by atoms with Crippen molar-refractivity contribution in [2.45, 2.75) is 0 Å². The van der Waals surface area contributed by atoms with Crippen LogP contribution in [-0.2, 0) is 0 Å². The van der Waals surface area contributed by atoms with E-state index in [1.165, 1.54) is 6.07 Å². The molecule has 0 amide bonds. The van der Waals surface area contributed by atoms with Crippen LogP contribution in [0.4, 0.5) is 5.69 Å². The average molecular weight is 252 g/mol. The number of rotatable bonds is 1. The molecule has 0 atom stereocenters. The van der Waals surface area contributed by atoms with Gasteiger partial charge in [0.2, 0.25) is 0 Å². The number of para-hydroxylation sites is 1. The van der Waals surface area contributed by atoms with E-state index < -0.39 is 0 Å². The van der Waals surface area contributed by atoms with E-state index in [-0.39, 0.29) is 11.3 Å². The molecular formula is C15H12N2O2. The molecule has 0 saturated heterocycles. The second kappa shape index (κ2) is 4.17. The molecule has 1 aromatic heterocycles. The Morgan fingerprint density at radius 3 is 2.58 bits per heavy atom. The summed E-state index contributed by atoms with van der Waals surface area (Å²) in [5, 5.41) is 10.8. The number of hydrogen-bond acceptors (Lipinski definition) is 3. The van der Waals surface area contributed by atoms with Crippen LogP contribution in [-0.4, -0.2) is 10.1 Å². The van der Waals surface area contributed by atoms with Crippen molar-refractivity contribution < 1.29 is 5.11 Å². The van der Waals surface area contributed by atoms with Gasteiger partial charge in [-0.2, -0.15) is 0 Å². The number of benzene rings is 2. The fraction of sp³-hybridized carbons (Fsp3) is 0. The van der Waals surface area contributed by atoms with Crippen molar-refractivity contribution in [2.75, 3.05) is 5.73 Å². The molecule has 0 radical (unpaired) electrons. The predicted octanol–water partition coefficient (Wildman–Crippen LogP) is 2.48. The first-order valence-corrected chi connectivity index (χ1v) is 5.86. The van der Waals surface area contributed by atoms with E-state index in [4.69, 9.17) is 5.73 Å². The lowest BCUT2D eigenvalue weighted by molar-refractivity contribution is 0.477. The van der Waals surface area contributed by atoms with Gasteiger partial charge >= 0.3 is 0 Å². The van der Waals surface area contributed by atoms with Crippen molar-refractivity contribution >= 4 is 16.6 Å². The standard InChI is InChI=1S/C15H12N2O2/c16-10-5-6-11(14(18)8-10)12-7-9-3-1-2-4-13(9)17-15(12)19/h1-8,18H,16H2,(H,17,19).